The summed E-state index contributed by atoms with van der Waals surface area (Å²) in [6.45, 7) is 0.807. The molecule has 0 atom stereocenters. The molecule has 0 radical (unpaired) electrons. The molecular weight excluding hydrogens is 290 g/mol. The zero-order valence-electron chi connectivity index (χ0n) is 11.3. The zero-order valence-corrected chi connectivity index (χ0v) is 12.1. The van der Waals surface area contributed by atoms with Crippen molar-refractivity contribution in [2.45, 2.75) is 6.54 Å². The number of aromatic nitrogens is 2. The van der Waals surface area contributed by atoms with Crippen LogP contribution in [0.2, 0.25) is 0 Å². The average Bonchev–Trinajstić information content (AvgIpc) is 2.93. The molecule has 1 aliphatic heterocycles. The van der Waals surface area contributed by atoms with Crippen LogP contribution >= 0.6 is 12.2 Å². The Kier molecular flexibility index (Phi) is 3.44. The number of H-pyrrole nitrogens is 1. The maximum Gasteiger partial charge on any atom is 0.280 e. The van der Waals surface area contributed by atoms with Crippen molar-refractivity contribution in [2.24, 2.45) is 4.99 Å². The lowest BCUT2D eigenvalue weighted by atomic mass is 10.1. The molecule has 1 aromatic heterocycles. The molecule has 0 aliphatic carbocycles. The number of carbonyl (C=O) groups is 1. The molecule has 1 aromatic carbocycles. The fourth-order valence-electron chi connectivity index (χ4n) is 2.33. The van der Waals surface area contributed by atoms with E-state index in [9.17, 15) is 9.90 Å². The van der Waals surface area contributed by atoms with Crippen LogP contribution in [0, 0.1) is 4.77 Å². The summed E-state index contributed by atoms with van der Waals surface area (Å²) in [5.74, 6) is -0.464. The smallest absolute Gasteiger partial charge is 0.280 e. The van der Waals surface area contributed by atoms with E-state index in [1.54, 1.807) is 19.2 Å². The normalized spacial score (nSPS) is 13.4. The molecule has 0 fully saturated rings. The van der Waals surface area contributed by atoms with Gasteiger partial charge in [-0.25, -0.2) is 4.99 Å². The molecule has 6 nitrogen and oxygen atoms in total. The molecule has 2 N–H and O–H groups in total. The minimum atomic E-state index is -0.387. The Balaban J connectivity index is 2.22. The van der Waals surface area contributed by atoms with Crippen molar-refractivity contribution in [3.05, 3.63) is 45.3 Å². The maximum atomic E-state index is 12.1. The van der Waals surface area contributed by atoms with Crippen LogP contribution in [0.25, 0.3) is 5.57 Å². The van der Waals surface area contributed by atoms with Gasteiger partial charge in [-0.1, -0.05) is 18.2 Å². The van der Waals surface area contributed by atoms with Crippen LogP contribution < -0.4 is 10.6 Å². The van der Waals surface area contributed by atoms with Crippen molar-refractivity contribution in [3.63, 3.8) is 0 Å². The molecule has 108 valence electrons. The topological polar surface area (TPSA) is 79.6 Å². The summed E-state index contributed by atoms with van der Waals surface area (Å²) in [7, 11) is 1.57. The van der Waals surface area contributed by atoms with E-state index in [-0.39, 0.29) is 11.8 Å². The number of imidazole rings is 1. The monoisotopic (exact) mass is 303 g/mol. The molecule has 2 heterocycles. The van der Waals surface area contributed by atoms with Gasteiger partial charge in [0, 0.05) is 12.3 Å². The van der Waals surface area contributed by atoms with Crippen molar-refractivity contribution < 1.29 is 14.6 Å². The number of hydrogen-bond donors (Lipinski definition) is 2. The number of aromatic hydroxyl groups is 1. The quantitative estimate of drug-likeness (QED) is 0.794. The SMILES string of the molecule is COCCn1c(O)c(C2=c3ccccc3=NC2=O)[nH]c1=S. The van der Waals surface area contributed by atoms with E-state index in [2.05, 4.69) is 9.98 Å². The van der Waals surface area contributed by atoms with Gasteiger partial charge in [-0.3, -0.25) is 9.36 Å². The third-order valence-electron chi connectivity index (χ3n) is 3.33. The van der Waals surface area contributed by atoms with E-state index in [0.29, 0.717) is 39.8 Å². The zero-order chi connectivity index (χ0) is 15.0. The molecule has 0 unspecified atom stereocenters. The molecule has 1 aliphatic rings. The average molecular weight is 303 g/mol. The van der Waals surface area contributed by atoms with Gasteiger partial charge in [-0.15, -0.1) is 0 Å². The number of aromatic amines is 1. The van der Waals surface area contributed by atoms with Crippen molar-refractivity contribution in [3.8, 4) is 5.88 Å². The van der Waals surface area contributed by atoms with Gasteiger partial charge in [0.1, 0.15) is 5.69 Å². The van der Waals surface area contributed by atoms with Gasteiger partial charge in [0.2, 0.25) is 5.88 Å². The van der Waals surface area contributed by atoms with E-state index in [1.807, 2.05) is 12.1 Å². The lowest BCUT2D eigenvalue weighted by Crippen LogP contribution is -2.22. The number of nitrogens with zero attached hydrogens (tertiary/aromatic N) is 2. The molecule has 1 amide bonds. The lowest BCUT2D eigenvalue weighted by Gasteiger charge is -2.03. The van der Waals surface area contributed by atoms with E-state index < -0.39 is 0 Å². The van der Waals surface area contributed by atoms with Gasteiger partial charge in [-0.05, 0) is 18.3 Å². The fourth-order valence-corrected chi connectivity index (χ4v) is 2.61. The minimum Gasteiger partial charge on any atom is -0.493 e. The number of rotatable bonds is 4. The van der Waals surface area contributed by atoms with Crippen LogP contribution in [0.3, 0.4) is 0 Å². The van der Waals surface area contributed by atoms with E-state index in [1.165, 1.54) is 4.57 Å². The Labute approximate surface area is 125 Å². The summed E-state index contributed by atoms with van der Waals surface area (Å²) in [6.07, 6.45) is 0. The Morgan fingerprint density at radius 1 is 1.43 bits per heavy atom. The van der Waals surface area contributed by atoms with Crippen molar-refractivity contribution in [1.29, 1.82) is 0 Å². The molecule has 21 heavy (non-hydrogen) atoms. The van der Waals surface area contributed by atoms with Crippen molar-refractivity contribution in [1.82, 2.24) is 9.55 Å². The van der Waals surface area contributed by atoms with Crippen molar-refractivity contribution in [2.75, 3.05) is 13.7 Å². The highest BCUT2D eigenvalue weighted by atomic mass is 32.1. The first-order valence-electron chi connectivity index (χ1n) is 6.37. The first kappa shape index (κ1) is 13.7. The number of fused-ring (bicyclic) bond motifs is 1. The van der Waals surface area contributed by atoms with Gasteiger partial charge < -0.3 is 14.8 Å². The second-order valence-electron chi connectivity index (χ2n) is 4.58. The summed E-state index contributed by atoms with van der Waals surface area (Å²) in [5, 5.41) is 11.6. The van der Waals surface area contributed by atoms with Crippen molar-refractivity contribution >= 4 is 23.7 Å². The highest BCUT2D eigenvalue weighted by molar-refractivity contribution is 7.71. The molecule has 3 rings (SSSR count). The van der Waals surface area contributed by atoms with Crippen LogP contribution in [0.15, 0.2) is 29.3 Å². The standard InChI is InChI=1S/C14H13N3O3S/c1-20-7-6-17-13(19)11(16-14(17)21)10-8-4-2-3-5-9(8)15-12(10)18/h2-5,19H,6-7H2,1H3,(H,16,21). The molecule has 0 saturated carbocycles. The number of nitrogens with one attached hydrogen (secondary N) is 1. The van der Waals surface area contributed by atoms with Crippen LogP contribution in [-0.4, -0.2) is 34.3 Å². The Bertz CT molecular complexity index is 895. The molecular formula is C14H13N3O3S. The number of hydrogen-bond acceptors (Lipinski definition) is 4. The second kappa shape index (κ2) is 5.27. The van der Waals surface area contributed by atoms with E-state index in [0.717, 1.165) is 0 Å². The van der Waals surface area contributed by atoms with E-state index >= 15 is 0 Å². The van der Waals surface area contributed by atoms with Gasteiger partial charge in [0.15, 0.2) is 4.77 Å². The summed E-state index contributed by atoms with van der Waals surface area (Å²) in [4.78, 5) is 19.0. The molecule has 0 spiro atoms. The molecule has 0 saturated heterocycles. The number of amides is 1. The Morgan fingerprint density at radius 3 is 2.95 bits per heavy atom. The number of benzene rings is 1. The highest BCUT2D eigenvalue weighted by Gasteiger charge is 2.24. The Hall–Kier alpha value is -2.25. The first-order valence-corrected chi connectivity index (χ1v) is 6.78. The fraction of sp³-hybridized carbons (Fsp3) is 0.214. The first-order chi connectivity index (χ1) is 10.1. The lowest BCUT2D eigenvalue weighted by molar-refractivity contribution is -0.112. The highest BCUT2D eigenvalue weighted by Crippen LogP contribution is 2.24. The predicted octanol–water partition coefficient (Wildman–Crippen LogP) is 0.256. The largest absolute Gasteiger partial charge is 0.493 e. The maximum absolute atomic E-state index is 12.1. The predicted molar refractivity (Wildman–Crippen MR) is 77.9 cm³/mol. The third kappa shape index (κ3) is 2.20. The Morgan fingerprint density at radius 2 is 2.19 bits per heavy atom. The number of carbonyl (C=O) groups excluding carboxylic acids is 1. The summed E-state index contributed by atoms with van der Waals surface area (Å²) in [5.41, 5.74) is 0.639. The second-order valence-corrected chi connectivity index (χ2v) is 4.97. The number of methoxy groups -OCH3 is 1. The number of para-hydroxylation sites is 1. The van der Waals surface area contributed by atoms with Gasteiger partial charge >= 0.3 is 0 Å². The summed E-state index contributed by atoms with van der Waals surface area (Å²) in [6, 6.07) is 7.18. The minimum absolute atomic E-state index is 0.0766. The van der Waals surface area contributed by atoms with Gasteiger partial charge in [-0.2, -0.15) is 0 Å². The van der Waals surface area contributed by atoms with Crippen LogP contribution in [0.5, 0.6) is 5.88 Å². The molecule has 2 aromatic rings. The summed E-state index contributed by atoms with van der Waals surface area (Å²) < 4.78 is 6.82. The number of ether oxygens (including phenoxy) is 1. The van der Waals surface area contributed by atoms with Gasteiger partial charge in [0.25, 0.3) is 5.91 Å². The summed E-state index contributed by atoms with van der Waals surface area (Å²) >= 11 is 5.18. The third-order valence-corrected chi connectivity index (χ3v) is 3.66. The van der Waals surface area contributed by atoms with Gasteiger partial charge in [0.05, 0.1) is 24.1 Å². The van der Waals surface area contributed by atoms with Crippen LogP contribution in [0.4, 0.5) is 0 Å². The molecule has 0 bridgehead atoms. The van der Waals surface area contributed by atoms with Crippen LogP contribution in [-0.2, 0) is 16.1 Å². The molecule has 7 heteroatoms. The van der Waals surface area contributed by atoms with Crippen LogP contribution in [0.1, 0.15) is 5.69 Å². The van der Waals surface area contributed by atoms with E-state index in [4.69, 9.17) is 17.0 Å².